The number of likely N-dealkylation sites (tertiary alicyclic amines) is 1. The maximum Gasteiger partial charge on any atom is 0.251 e. The second kappa shape index (κ2) is 8.49. The topological polar surface area (TPSA) is 50.8 Å². The minimum absolute atomic E-state index is 0.00693. The van der Waals surface area contributed by atoms with Crippen LogP contribution in [0.5, 0.6) is 5.75 Å². The molecule has 2 saturated heterocycles. The molecule has 24 heavy (non-hydrogen) atoms. The highest BCUT2D eigenvalue weighted by molar-refractivity contribution is 5.94. The van der Waals surface area contributed by atoms with Gasteiger partial charge in [0.15, 0.2) is 0 Å². The first-order chi connectivity index (χ1) is 11.7. The third-order valence-corrected chi connectivity index (χ3v) is 4.93. The van der Waals surface area contributed by atoms with Gasteiger partial charge in [0.1, 0.15) is 12.4 Å². The van der Waals surface area contributed by atoms with Gasteiger partial charge in [0.2, 0.25) is 0 Å². The fourth-order valence-electron chi connectivity index (χ4n) is 3.35. The van der Waals surface area contributed by atoms with Gasteiger partial charge in [0.05, 0.1) is 6.10 Å². The summed E-state index contributed by atoms with van der Waals surface area (Å²) in [7, 11) is 0. The molecule has 0 bridgehead atoms. The normalized spacial score (nSPS) is 22.5. The number of hydrogen-bond acceptors (Lipinski definition) is 4. The van der Waals surface area contributed by atoms with E-state index < -0.39 is 0 Å². The fraction of sp³-hybridized carbons (Fsp3) is 0.632. The first-order valence-electron chi connectivity index (χ1n) is 9.12. The highest BCUT2D eigenvalue weighted by atomic mass is 16.5. The van der Waals surface area contributed by atoms with Crippen molar-refractivity contribution in [2.75, 3.05) is 32.8 Å². The number of hydrogen-bond donors (Lipinski definition) is 1. The Morgan fingerprint density at radius 3 is 2.88 bits per heavy atom. The van der Waals surface area contributed by atoms with Crippen molar-refractivity contribution in [3.05, 3.63) is 29.8 Å². The zero-order chi connectivity index (χ0) is 16.8. The van der Waals surface area contributed by atoms with Crippen LogP contribution in [0.4, 0.5) is 0 Å². The SMILES string of the molecule is CCN1CCC(NC(=O)c2cccc(OCC3CCCO3)c2)CC1. The summed E-state index contributed by atoms with van der Waals surface area (Å²) in [6.07, 6.45) is 4.39. The Morgan fingerprint density at radius 1 is 1.33 bits per heavy atom. The number of piperidine rings is 1. The van der Waals surface area contributed by atoms with Crippen molar-refractivity contribution in [3.63, 3.8) is 0 Å². The van der Waals surface area contributed by atoms with Crippen LogP contribution in [0.1, 0.15) is 43.0 Å². The second-order valence-electron chi connectivity index (χ2n) is 6.66. The van der Waals surface area contributed by atoms with Gasteiger partial charge in [-0.15, -0.1) is 0 Å². The van der Waals surface area contributed by atoms with Crippen LogP contribution in [0, 0.1) is 0 Å². The molecule has 1 amide bonds. The van der Waals surface area contributed by atoms with Crippen molar-refractivity contribution >= 4 is 5.91 Å². The molecule has 5 heteroatoms. The minimum Gasteiger partial charge on any atom is -0.491 e. The molecule has 0 spiro atoms. The van der Waals surface area contributed by atoms with Crippen LogP contribution in [0.15, 0.2) is 24.3 Å². The third kappa shape index (κ3) is 4.71. The van der Waals surface area contributed by atoms with E-state index in [1.165, 1.54) is 0 Å². The summed E-state index contributed by atoms with van der Waals surface area (Å²) in [5, 5.41) is 3.16. The largest absolute Gasteiger partial charge is 0.491 e. The highest BCUT2D eigenvalue weighted by Crippen LogP contribution is 2.18. The smallest absolute Gasteiger partial charge is 0.251 e. The lowest BCUT2D eigenvalue weighted by Gasteiger charge is -2.31. The Morgan fingerprint density at radius 2 is 2.17 bits per heavy atom. The zero-order valence-electron chi connectivity index (χ0n) is 14.5. The first-order valence-corrected chi connectivity index (χ1v) is 9.12. The molecule has 5 nitrogen and oxygen atoms in total. The van der Waals surface area contributed by atoms with Crippen LogP contribution >= 0.6 is 0 Å². The summed E-state index contributed by atoms with van der Waals surface area (Å²) in [6.45, 7) is 6.78. The standard InChI is InChI=1S/C19H28N2O3/c1-2-21-10-8-16(9-11-21)20-19(22)15-5-3-6-17(13-15)24-14-18-7-4-12-23-18/h3,5-6,13,16,18H,2,4,7-12,14H2,1H3,(H,20,22). The molecule has 1 unspecified atom stereocenters. The maximum absolute atomic E-state index is 12.5. The van der Waals surface area contributed by atoms with E-state index in [4.69, 9.17) is 9.47 Å². The Bertz CT molecular complexity index is 535. The Kier molecular flexibility index (Phi) is 6.10. The molecule has 1 atom stereocenters. The molecule has 1 N–H and O–H groups in total. The Hall–Kier alpha value is -1.59. The summed E-state index contributed by atoms with van der Waals surface area (Å²) < 4.78 is 11.4. The van der Waals surface area contributed by atoms with E-state index in [2.05, 4.69) is 17.1 Å². The van der Waals surface area contributed by atoms with Gasteiger partial charge in [-0.1, -0.05) is 13.0 Å². The van der Waals surface area contributed by atoms with Gasteiger partial charge >= 0.3 is 0 Å². The first kappa shape index (κ1) is 17.2. The number of carbonyl (C=O) groups excluding carboxylic acids is 1. The molecule has 132 valence electrons. The van der Waals surface area contributed by atoms with Crippen LogP contribution in [0.25, 0.3) is 0 Å². The molecule has 2 aliphatic heterocycles. The molecule has 2 heterocycles. The highest BCUT2D eigenvalue weighted by Gasteiger charge is 2.20. The Balaban J connectivity index is 1.50. The third-order valence-electron chi connectivity index (χ3n) is 4.93. The van der Waals surface area contributed by atoms with E-state index in [0.717, 1.165) is 57.7 Å². The van der Waals surface area contributed by atoms with Crippen LogP contribution in [-0.2, 0) is 4.74 Å². The summed E-state index contributed by atoms with van der Waals surface area (Å²) >= 11 is 0. The molecule has 0 aromatic heterocycles. The van der Waals surface area contributed by atoms with Crippen molar-refractivity contribution in [1.29, 1.82) is 0 Å². The number of nitrogens with zero attached hydrogens (tertiary/aromatic N) is 1. The summed E-state index contributed by atoms with van der Waals surface area (Å²) in [5.74, 6) is 0.728. The lowest BCUT2D eigenvalue weighted by atomic mass is 10.0. The lowest BCUT2D eigenvalue weighted by molar-refractivity contribution is 0.0679. The molecule has 1 aromatic carbocycles. The van der Waals surface area contributed by atoms with Crippen molar-refractivity contribution < 1.29 is 14.3 Å². The van der Waals surface area contributed by atoms with E-state index in [-0.39, 0.29) is 18.1 Å². The average molecular weight is 332 g/mol. The van der Waals surface area contributed by atoms with Crippen LogP contribution in [0.2, 0.25) is 0 Å². The molecule has 1 aromatic rings. The summed E-state index contributed by atoms with van der Waals surface area (Å²) in [5.41, 5.74) is 0.665. The maximum atomic E-state index is 12.5. The van der Waals surface area contributed by atoms with Crippen LogP contribution in [0.3, 0.4) is 0 Å². The number of amides is 1. The van der Waals surface area contributed by atoms with Gasteiger partial charge in [-0.05, 0) is 50.4 Å². The van der Waals surface area contributed by atoms with Gasteiger partial charge in [-0.2, -0.15) is 0 Å². The van der Waals surface area contributed by atoms with E-state index in [0.29, 0.717) is 12.2 Å². The molecule has 0 saturated carbocycles. The number of carbonyl (C=O) groups is 1. The molecule has 2 fully saturated rings. The van der Waals surface area contributed by atoms with Gasteiger partial charge in [-0.25, -0.2) is 0 Å². The predicted molar refractivity (Wildman–Crippen MR) is 93.5 cm³/mol. The molecular formula is C19H28N2O3. The van der Waals surface area contributed by atoms with Crippen LogP contribution < -0.4 is 10.1 Å². The molecule has 0 radical (unpaired) electrons. The molecule has 3 rings (SSSR count). The fourth-order valence-corrected chi connectivity index (χ4v) is 3.35. The number of nitrogens with one attached hydrogen (secondary N) is 1. The van der Waals surface area contributed by atoms with Crippen LogP contribution in [-0.4, -0.2) is 55.8 Å². The minimum atomic E-state index is -0.00693. The van der Waals surface area contributed by atoms with Crippen molar-refractivity contribution in [1.82, 2.24) is 10.2 Å². The van der Waals surface area contributed by atoms with E-state index in [1.54, 1.807) is 0 Å². The quantitative estimate of drug-likeness (QED) is 0.869. The second-order valence-corrected chi connectivity index (χ2v) is 6.66. The van der Waals surface area contributed by atoms with Gasteiger partial charge in [0.25, 0.3) is 5.91 Å². The zero-order valence-corrected chi connectivity index (χ0v) is 14.5. The van der Waals surface area contributed by atoms with E-state index >= 15 is 0 Å². The number of rotatable bonds is 6. The monoisotopic (exact) mass is 332 g/mol. The summed E-state index contributed by atoms with van der Waals surface area (Å²) in [6, 6.07) is 7.71. The van der Waals surface area contributed by atoms with Crippen molar-refractivity contribution in [2.24, 2.45) is 0 Å². The number of ether oxygens (including phenoxy) is 2. The van der Waals surface area contributed by atoms with Crippen molar-refractivity contribution in [2.45, 2.75) is 44.8 Å². The predicted octanol–water partition coefficient (Wildman–Crippen LogP) is 2.46. The Labute approximate surface area is 144 Å². The average Bonchev–Trinajstić information content (AvgIpc) is 3.14. The van der Waals surface area contributed by atoms with Gasteiger partial charge < -0.3 is 19.7 Å². The molecule has 0 aliphatic carbocycles. The molecule has 2 aliphatic rings. The molecular weight excluding hydrogens is 304 g/mol. The van der Waals surface area contributed by atoms with Crippen molar-refractivity contribution in [3.8, 4) is 5.75 Å². The van der Waals surface area contributed by atoms with Gasteiger partial charge in [-0.3, -0.25) is 4.79 Å². The summed E-state index contributed by atoms with van der Waals surface area (Å²) in [4.78, 5) is 14.9. The van der Waals surface area contributed by atoms with Gasteiger partial charge in [0, 0.05) is 31.3 Å². The van der Waals surface area contributed by atoms with E-state index in [9.17, 15) is 4.79 Å². The lowest BCUT2D eigenvalue weighted by Crippen LogP contribution is -2.44. The van der Waals surface area contributed by atoms with E-state index in [1.807, 2.05) is 24.3 Å². The number of benzene rings is 1.